The number of amides is 3. The lowest BCUT2D eigenvalue weighted by Crippen LogP contribution is -2.54. The molecule has 0 N–H and O–H groups in total. The van der Waals surface area contributed by atoms with Crippen LogP contribution in [0.5, 0.6) is 5.75 Å². The van der Waals surface area contributed by atoms with Crippen LogP contribution in [0.1, 0.15) is 13.3 Å². The maximum Gasteiger partial charge on any atom is 0.409 e. The third-order valence-corrected chi connectivity index (χ3v) is 4.72. The van der Waals surface area contributed by atoms with Crippen molar-refractivity contribution >= 4 is 23.6 Å². The van der Waals surface area contributed by atoms with Gasteiger partial charge in [0, 0.05) is 26.2 Å². The van der Waals surface area contributed by atoms with Crippen molar-refractivity contribution in [3.8, 4) is 5.75 Å². The molecule has 0 radical (unpaired) electrons. The molecular weight excluding hydrogens is 376 g/mol. The number of hydrogen-bond donors (Lipinski definition) is 0. The van der Waals surface area contributed by atoms with Gasteiger partial charge in [0.1, 0.15) is 5.75 Å². The van der Waals surface area contributed by atoms with Crippen LogP contribution in [0.25, 0.3) is 0 Å². The van der Waals surface area contributed by atoms with E-state index in [9.17, 15) is 23.2 Å². The van der Waals surface area contributed by atoms with E-state index in [0.717, 1.165) is 4.90 Å². The van der Waals surface area contributed by atoms with Crippen LogP contribution in [0.3, 0.4) is 0 Å². The molecule has 0 aliphatic carbocycles. The Labute approximate surface area is 160 Å². The number of anilines is 1. The number of carbonyl (C=O) groups excluding carboxylic acids is 3. The van der Waals surface area contributed by atoms with Gasteiger partial charge in [-0.15, -0.1) is 0 Å². The van der Waals surface area contributed by atoms with Gasteiger partial charge in [0.2, 0.25) is 5.91 Å². The Morgan fingerprint density at radius 2 is 1.79 bits per heavy atom. The molecule has 8 nitrogen and oxygen atoms in total. The van der Waals surface area contributed by atoms with Crippen LogP contribution in [-0.2, 0) is 14.3 Å². The van der Waals surface area contributed by atoms with Crippen LogP contribution in [0.15, 0.2) is 24.3 Å². The van der Waals surface area contributed by atoms with E-state index in [1.807, 2.05) is 4.90 Å². The second-order valence-corrected chi connectivity index (χ2v) is 6.38. The molecular formula is C18H21F2N3O5. The van der Waals surface area contributed by atoms with Crippen LogP contribution in [-0.4, -0.2) is 73.1 Å². The zero-order chi connectivity index (χ0) is 20.3. The largest absolute Gasteiger partial charge is 0.450 e. The summed E-state index contributed by atoms with van der Waals surface area (Å²) in [5, 5.41) is 0. The summed E-state index contributed by atoms with van der Waals surface area (Å²) in [5.41, 5.74) is 0.310. The minimum Gasteiger partial charge on any atom is -0.450 e. The molecule has 2 aliphatic rings. The Bertz CT molecular complexity index is 735. The first kappa shape index (κ1) is 20.0. The highest BCUT2D eigenvalue weighted by Crippen LogP contribution is 2.28. The number of piperazine rings is 1. The Balaban J connectivity index is 1.63. The summed E-state index contributed by atoms with van der Waals surface area (Å²) in [6.07, 6.45) is -0.350. The first-order valence-electron chi connectivity index (χ1n) is 8.98. The average Bonchev–Trinajstić information content (AvgIpc) is 2.97. The average molecular weight is 397 g/mol. The number of imide groups is 1. The van der Waals surface area contributed by atoms with E-state index in [1.54, 1.807) is 11.8 Å². The molecule has 152 valence electrons. The second kappa shape index (κ2) is 8.51. The molecule has 28 heavy (non-hydrogen) atoms. The van der Waals surface area contributed by atoms with E-state index in [2.05, 4.69) is 4.74 Å². The molecule has 1 aromatic rings. The summed E-state index contributed by atoms with van der Waals surface area (Å²) in [6.45, 7) is 0.822. The van der Waals surface area contributed by atoms with Gasteiger partial charge in [0.15, 0.2) is 0 Å². The molecule has 0 aromatic heterocycles. The summed E-state index contributed by atoms with van der Waals surface area (Å²) in [7, 11) is 0. The van der Waals surface area contributed by atoms with Gasteiger partial charge in [-0.2, -0.15) is 8.78 Å². The van der Waals surface area contributed by atoms with Gasteiger partial charge >= 0.3 is 12.7 Å². The number of rotatable bonds is 5. The molecule has 2 saturated heterocycles. The van der Waals surface area contributed by atoms with Crippen LogP contribution in [0.2, 0.25) is 0 Å². The number of alkyl halides is 2. The van der Waals surface area contributed by atoms with Crippen molar-refractivity contribution < 1.29 is 32.6 Å². The number of benzene rings is 1. The summed E-state index contributed by atoms with van der Waals surface area (Å²) in [6, 6.07) is 4.76. The van der Waals surface area contributed by atoms with Gasteiger partial charge < -0.3 is 14.4 Å². The topological polar surface area (TPSA) is 79.4 Å². The smallest absolute Gasteiger partial charge is 0.409 e. The summed E-state index contributed by atoms with van der Waals surface area (Å²) in [5.74, 6) is -0.771. The standard InChI is InChI=1S/C18H21F2N3O5/c1-2-27-18(26)22-9-7-21(8-10-22)14-11-15(24)23(16(14)25)12-3-5-13(6-4-12)28-17(19)20/h3-6,14,17H,2,7-11H2,1H3/t14-/m1/s1. The highest BCUT2D eigenvalue weighted by Gasteiger charge is 2.43. The molecule has 3 rings (SSSR count). The molecule has 1 aromatic carbocycles. The molecule has 10 heteroatoms. The summed E-state index contributed by atoms with van der Waals surface area (Å²) < 4.78 is 33.7. The Hall–Kier alpha value is -2.75. The molecule has 0 saturated carbocycles. The Kier molecular flexibility index (Phi) is 6.08. The molecule has 1 atom stereocenters. The fourth-order valence-corrected chi connectivity index (χ4v) is 3.38. The number of nitrogens with zero attached hydrogens (tertiary/aromatic N) is 3. The maximum absolute atomic E-state index is 12.8. The molecule has 2 aliphatic heterocycles. The number of carbonyl (C=O) groups is 3. The van der Waals surface area contributed by atoms with Crippen LogP contribution in [0.4, 0.5) is 19.3 Å². The van der Waals surface area contributed by atoms with Gasteiger partial charge in [0.05, 0.1) is 24.8 Å². The van der Waals surface area contributed by atoms with Gasteiger partial charge in [0.25, 0.3) is 5.91 Å². The zero-order valence-corrected chi connectivity index (χ0v) is 15.3. The quantitative estimate of drug-likeness (QED) is 0.704. The number of halogens is 2. The number of ether oxygens (including phenoxy) is 2. The molecule has 0 bridgehead atoms. The van der Waals surface area contributed by atoms with E-state index in [4.69, 9.17) is 4.74 Å². The highest BCUT2D eigenvalue weighted by atomic mass is 19.3. The van der Waals surface area contributed by atoms with E-state index < -0.39 is 12.7 Å². The van der Waals surface area contributed by atoms with Gasteiger partial charge in [-0.1, -0.05) is 0 Å². The van der Waals surface area contributed by atoms with Crippen molar-refractivity contribution in [2.45, 2.75) is 26.0 Å². The minimum atomic E-state index is -2.95. The van der Waals surface area contributed by atoms with Crippen molar-refractivity contribution in [1.29, 1.82) is 0 Å². The Morgan fingerprint density at radius 1 is 1.14 bits per heavy atom. The Morgan fingerprint density at radius 3 is 2.36 bits per heavy atom. The van der Waals surface area contributed by atoms with Gasteiger partial charge in [-0.3, -0.25) is 14.5 Å². The third-order valence-electron chi connectivity index (χ3n) is 4.72. The molecule has 0 spiro atoms. The lowest BCUT2D eigenvalue weighted by Gasteiger charge is -2.36. The van der Waals surface area contributed by atoms with Crippen molar-refractivity contribution in [1.82, 2.24) is 9.80 Å². The first-order valence-corrected chi connectivity index (χ1v) is 8.98. The molecule has 0 unspecified atom stereocenters. The normalized spacial score (nSPS) is 20.8. The van der Waals surface area contributed by atoms with Crippen molar-refractivity contribution in [3.05, 3.63) is 24.3 Å². The predicted octanol–water partition coefficient (Wildman–Crippen LogP) is 1.69. The van der Waals surface area contributed by atoms with Gasteiger partial charge in [-0.05, 0) is 31.2 Å². The first-order chi connectivity index (χ1) is 13.4. The molecule has 3 amide bonds. The van der Waals surface area contributed by atoms with E-state index in [0.29, 0.717) is 38.5 Å². The fraction of sp³-hybridized carbons (Fsp3) is 0.500. The lowest BCUT2D eigenvalue weighted by molar-refractivity contribution is -0.123. The summed E-state index contributed by atoms with van der Waals surface area (Å²) in [4.78, 5) is 41.5. The third kappa shape index (κ3) is 4.22. The van der Waals surface area contributed by atoms with Gasteiger partial charge in [-0.25, -0.2) is 9.69 Å². The fourth-order valence-electron chi connectivity index (χ4n) is 3.38. The zero-order valence-electron chi connectivity index (χ0n) is 15.3. The lowest BCUT2D eigenvalue weighted by atomic mass is 10.2. The summed E-state index contributed by atoms with van der Waals surface area (Å²) >= 11 is 0. The van der Waals surface area contributed by atoms with Crippen molar-refractivity contribution in [3.63, 3.8) is 0 Å². The van der Waals surface area contributed by atoms with E-state index in [-0.39, 0.29) is 30.1 Å². The minimum absolute atomic E-state index is 0.0352. The molecule has 2 heterocycles. The van der Waals surface area contributed by atoms with E-state index in [1.165, 1.54) is 24.3 Å². The second-order valence-electron chi connectivity index (χ2n) is 6.38. The van der Waals surface area contributed by atoms with Crippen LogP contribution in [0, 0.1) is 0 Å². The highest BCUT2D eigenvalue weighted by molar-refractivity contribution is 6.22. The van der Waals surface area contributed by atoms with E-state index >= 15 is 0 Å². The molecule has 2 fully saturated rings. The van der Waals surface area contributed by atoms with Crippen molar-refractivity contribution in [2.24, 2.45) is 0 Å². The predicted molar refractivity (Wildman–Crippen MR) is 94.1 cm³/mol. The van der Waals surface area contributed by atoms with Crippen LogP contribution < -0.4 is 9.64 Å². The SMILES string of the molecule is CCOC(=O)N1CCN([C@@H]2CC(=O)N(c3ccc(OC(F)F)cc3)C2=O)CC1. The monoisotopic (exact) mass is 397 g/mol. The van der Waals surface area contributed by atoms with Crippen LogP contribution >= 0.6 is 0 Å². The number of hydrogen-bond acceptors (Lipinski definition) is 6. The maximum atomic E-state index is 12.8. The van der Waals surface area contributed by atoms with Crippen molar-refractivity contribution in [2.75, 3.05) is 37.7 Å².